The van der Waals surface area contributed by atoms with Crippen molar-refractivity contribution in [3.05, 3.63) is 0 Å². The van der Waals surface area contributed by atoms with Gasteiger partial charge in [-0.3, -0.25) is 0 Å². The van der Waals surface area contributed by atoms with Gasteiger partial charge in [0.15, 0.2) is 0 Å². The minimum Gasteiger partial charge on any atom is -0.444 e. The number of nitrogens with two attached hydrogens (primary N) is 1. The topological polar surface area (TPSA) is 64.3 Å². The molecule has 0 fully saturated rings. The van der Waals surface area contributed by atoms with Gasteiger partial charge in [0.25, 0.3) is 0 Å². The molecule has 0 radical (unpaired) electrons. The molecule has 0 aromatic heterocycles. The minimum absolute atomic E-state index is 0.120. The highest BCUT2D eigenvalue weighted by Crippen LogP contribution is 2.07. The quantitative estimate of drug-likeness (QED) is 0.728. The zero-order chi connectivity index (χ0) is 11.2. The van der Waals surface area contributed by atoms with E-state index in [0.29, 0.717) is 6.54 Å². The maximum absolute atomic E-state index is 11.3. The number of amides is 1. The molecule has 0 aliphatic heterocycles. The highest BCUT2D eigenvalue weighted by molar-refractivity contribution is 5.68. The molecule has 0 rings (SSSR count). The Bertz CT molecular complexity index is 175. The second kappa shape index (κ2) is 5.86. The lowest BCUT2D eigenvalue weighted by molar-refractivity contribution is 0.0501. The molecular weight excluding hydrogens is 180 g/mol. The van der Waals surface area contributed by atoms with Gasteiger partial charge in [-0.2, -0.15) is 0 Å². The van der Waals surface area contributed by atoms with Crippen LogP contribution in [0.4, 0.5) is 4.79 Å². The Morgan fingerprint density at radius 1 is 1.50 bits per heavy atom. The molecule has 0 bridgehead atoms. The summed E-state index contributed by atoms with van der Waals surface area (Å²) in [4.78, 5) is 11.3. The van der Waals surface area contributed by atoms with Crippen LogP contribution < -0.4 is 11.1 Å². The van der Waals surface area contributed by atoms with Crippen LogP contribution in [0.25, 0.3) is 0 Å². The van der Waals surface area contributed by atoms with E-state index in [2.05, 4.69) is 5.32 Å². The standard InChI is InChI=1S/C10H22N2O2/c1-5-8(6-7-11)12-9(13)14-10(2,3)4/h8H,5-7,11H2,1-4H3,(H,12,13). The van der Waals surface area contributed by atoms with Crippen molar-refractivity contribution in [2.75, 3.05) is 6.54 Å². The molecule has 1 amide bonds. The summed E-state index contributed by atoms with van der Waals surface area (Å²) in [7, 11) is 0. The molecule has 0 heterocycles. The SMILES string of the molecule is CCC(CCN)NC(=O)OC(C)(C)C. The summed E-state index contributed by atoms with van der Waals surface area (Å²) in [5.74, 6) is 0. The first kappa shape index (κ1) is 13.2. The van der Waals surface area contributed by atoms with E-state index in [9.17, 15) is 4.79 Å². The number of carbonyl (C=O) groups excluding carboxylic acids is 1. The van der Waals surface area contributed by atoms with Crippen LogP contribution >= 0.6 is 0 Å². The Hall–Kier alpha value is -0.770. The number of nitrogens with one attached hydrogen (secondary N) is 1. The third-order valence-electron chi connectivity index (χ3n) is 1.73. The van der Waals surface area contributed by atoms with Gasteiger partial charge in [0.05, 0.1) is 0 Å². The predicted octanol–water partition coefficient (Wildman–Crippen LogP) is 1.64. The summed E-state index contributed by atoms with van der Waals surface area (Å²) in [6.07, 6.45) is 1.30. The van der Waals surface area contributed by atoms with Crippen LogP contribution in [0.5, 0.6) is 0 Å². The Morgan fingerprint density at radius 2 is 2.07 bits per heavy atom. The molecule has 0 saturated heterocycles. The van der Waals surface area contributed by atoms with Gasteiger partial charge in [-0.1, -0.05) is 6.92 Å². The summed E-state index contributed by atoms with van der Waals surface area (Å²) in [5, 5.41) is 2.78. The first-order valence-electron chi connectivity index (χ1n) is 5.08. The first-order chi connectivity index (χ1) is 6.39. The minimum atomic E-state index is -0.439. The summed E-state index contributed by atoms with van der Waals surface area (Å²) in [6.45, 7) is 8.12. The van der Waals surface area contributed by atoms with Gasteiger partial charge in [-0.25, -0.2) is 4.79 Å². The van der Waals surface area contributed by atoms with Crippen LogP contribution in [-0.2, 0) is 4.74 Å². The third-order valence-corrected chi connectivity index (χ3v) is 1.73. The van der Waals surface area contributed by atoms with Gasteiger partial charge in [0.2, 0.25) is 0 Å². The zero-order valence-electron chi connectivity index (χ0n) is 9.59. The van der Waals surface area contributed by atoms with Crippen molar-refractivity contribution in [3.63, 3.8) is 0 Å². The molecule has 0 aliphatic rings. The van der Waals surface area contributed by atoms with Crippen molar-refractivity contribution >= 4 is 6.09 Å². The molecule has 4 nitrogen and oxygen atoms in total. The van der Waals surface area contributed by atoms with E-state index < -0.39 is 5.60 Å². The number of ether oxygens (including phenoxy) is 1. The summed E-state index contributed by atoms with van der Waals surface area (Å²) >= 11 is 0. The lowest BCUT2D eigenvalue weighted by Gasteiger charge is -2.22. The molecule has 3 N–H and O–H groups in total. The van der Waals surface area contributed by atoms with Crippen LogP contribution in [0, 0.1) is 0 Å². The second-order valence-electron chi connectivity index (χ2n) is 4.33. The second-order valence-corrected chi connectivity index (χ2v) is 4.33. The van der Waals surface area contributed by atoms with Gasteiger partial charge < -0.3 is 15.8 Å². The van der Waals surface area contributed by atoms with E-state index in [1.54, 1.807) is 0 Å². The van der Waals surface area contributed by atoms with Crippen molar-refractivity contribution in [1.29, 1.82) is 0 Å². The average Bonchev–Trinajstić information content (AvgIpc) is 2.00. The van der Waals surface area contributed by atoms with E-state index in [4.69, 9.17) is 10.5 Å². The van der Waals surface area contributed by atoms with Crippen molar-refractivity contribution < 1.29 is 9.53 Å². The van der Waals surface area contributed by atoms with Gasteiger partial charge >= 0.3 is 6.09 Å². The highest BCUT2D eigenvalue weighted by atomic mass is 16.6. The molecule has 4 heteroatoms. The largest absolute Gasteiger partial charge is 0.444 e. The molecule has 0 aromatic carbocycles. The summed E-state index contributed by atoms with van der Waals surface area (Å²) < 4.78 is 5.13. The Labute approximate surface area is 86.2 Å². The normalized spacial score (nSPS) is 13.5. The fourth-order valence-electron chi connectivity index (χ4n) is 1.05. The van der Waals surface area contributed by atoms with E-state index in [0.717, 1.165) is 12.8 Å². The van der Waals surface area contributed by atoms with E-state index in [1.807, 2.05) is 27.7 Å². The maximum Gasteiger partial charge on any atom is 0.407 e. The van der Waals surface area contributed by atoms with Crippen molar-refractivity contribution in [1.82, 2.24) is 5.32 Å². The highest BCUT2D eigenvalue weighted by Gasteiger charge is 2.18. The summed E-state index contributed by atoms with van der Waals surface area (Å²) in [5.41, 5.74) is 4.98. The van der Waals surface area contributed by atoms with E-state index in [-0.39, 0.29) is 12.1 Å². The zero-order valence-corrected chi connectivity index (χ0v) is 9.59. The molecule has 0 aromatic rings. The number of alkyl carbamates (subject to hydrolysis) is 1. The Kier molecular flexibility index (Phi) is 5.53. The van der Waals surface area contributed by atoms with Crippen molar-refractivity contribution in [2.24, 2.45) is 5.73 Å². The maximum atomic E-state index is 11.3. The van der Waals surface area contributed by atoms with Gasteiger partial charge in [0.1, 0.15) is 5.60 Å². The van der Waals surface area contributed by atoms with E-state index >= 15 is 0 Å². The molecule has 14 heavy (non-hydrogen) atoms. The van der Waals surface area contributed by atoms with Crippen molar-refractivity contribution in [2.45, 2.75) is 52.2 Å². The average molecular weight is 202 g/mol. The number of hydrogen-bond acceptors (Lipinski definition) is 3. The molecule has 0 spiro atoms. The lowest BCUT2D eigenvalue weighted by Crippen LogP contribution is -2.39. The number of carbonyl (C=O) groups is 1. The molecule has 0 aliphatic carbocycles. The van der Waals surface area contributed by atoms with Gasteiger partial charge in [0, 0.05) is 6.04 Å². The van der Waals surface area contributed by atoms with Crippen LogP contribution in [0.2, 0.25) is 0 Å². The van der Waals surface area contributed by atoms with Crippen LogP contribution in [-0.4, -0.2) is 24.3 Å². The van der Waals surface area contributed by atoms with Crippen LogP contribution in [0.3, 0.4) is 0 Å². The number of rotatable bonds is 4. The molecular formula is C10H22N2O2. The molecule has 0 saturated carbocycles. The molecule has 1 atom stereocenters. The fourth-order valence-corrected chi connectivity index (χ4v) is 1.05. The molecule has 1 unspecified atom stereocenters. The Balaban J connectivity index is 3.91. The predicted molar refractivity (Wildman–Crippen MR) is 57.1 cm³/mol. The molecule has 84 valence electrons. The lowest BCUT2D eigenvalue weighted by atomic mass is 10.1. The smallest absolute Gasteiger partial charge is 0.407 e. The third kappa shape index (κ3) is 6.71. The summed E-state index contributed by atoms with van der Waals surface area (Å²) in [6, 6.07) is 0.120. The van der Waals surface area contributed by atoms with Gasteiger partial charge in [-0.05, 0) is 40.2 Å². The van der Waals surface area contributed by atoms with Crippen LogP contribution in [0.1, 0.15) is 40.5 Å². The monoisotopic (exact) mass is 202 g/mol. The van der Waals surface area contributed by atoms with Crippen LogP contribution in [0.15, 0.2) is 0 Å². The van der Waals surface area contributed by atoms with Gasteiger partial charge in [-0.15, -0.1) is 0 Å². The Morgan fingerprint density at radius 3 is 2.43 bits per heavy atom. The van der Waals surface area contributed by atoms with E-state index in [1.165, 1.54) is 0 Å². The number of hydrogen-bond donors (Lipinski definition) is 2. The first-order valence-corrected chi connectivity index (χ1v) is 5.08. The van der Waals surface area contributed by atoms with Crippen molar-refractivity contribution in [3.8, 4) is 0 Å². The fraction of sp³-hybridized carbons (Fsp3) is 0.900.